The molecule has 0 aromatic carbocycles. The summed E-state index contributed by atoms with van der Waals surface area (Å²) in [6.07, 6.45) is 6.26. The summed E-state index contributed by atoms with van der Waals surface area (Å²) < 4.78 is 0. The van der Waals surface area contributed by atoms with Crippen LogP contribution in [0.25, 0.3) is 0 Å². The van der Waals surface area contributed by atoms with Gasteiger partial charge in [-0.2, -0.15) is 0 Å². The van der Waals surface area contributed by atoms with Crippen molar-refractivity contribution in [2.24, 2.45) is 5.73 Å². The normalized spacial score (nSPS) is 22.9. The van der Waals surface area contributed by atoms with E-state index in [1.165, 1.54) is 32.1 Å². The van der Waals surface area contributed by atoms with E-state index in [2.05, 4.69) is 9.80 Å². The van der Waals surface area contributed by atoms with E-state index in [4.69, 9.17) is 5.73 Å². The lowest BCUT2D eigenvalue weighted by Crippen LogP contribution is -2.51. The topological polar surface area (TPSA) is 52.8 Å². The molecule has 1 saturated heterocycles. The van der Waals surface area contributed by atoms with Crippen LogP contribution in [0.5, 0.6) is 0 Å². The quantitative estimate of drug-likeness (QED) is 0.791. The highest BCUT2D eigenvalue weighted by Gasteiger charge is 2.24. The fraction of sp³-hybridized carbons (Fsp3) is 0.933. The molecular weight excluding hydrogens is 252 g/mol. The summed E-state index contributed by atoms with van der Waals surface area (Å²) >= 11 is 0. The minimum Gasteiger partial charge on any atom is -0.342 e. The summed E-state index contributed by atoms with van der Waals surface area (Å²) in [6.45, 7) is 6.35. The number of hydrogen-bond donors (Lipinski definition) is 1. The Bertz CT molecular complexity index is 296. The Balaban J connectivity index is 1.71. The summed E-state index contributed by atoms with van der Waals surface area (Å²) in [5.74, 6) is 0.296. The molecule has 1 heterocycles. The molecule has 0 aromatic heterocycles. The molecule has 0 radical (unpaired) electrons. The van der Waals surface area contributed by atoms with Crippen LogP contribution in [-0.4, -0.2) is 79.5 Å². The van der Waals surface area contributed by atoms with Crippen molar-refractivity contribution >= 4 is 5.91 Å². The van der Waals surface area contributed by atoms with E-state index in [1.807, 2.05) is 11.9 Å². The van der Waals surface area contributed by atoms with E-state index in [0.29, 0.717) is 18.5 Å². The van der Waals surface area contributed by atoms with E-state index in [0.717, 1.165) is 39.3 Å². The first-order valence-electron chi connectivity index (χ1n) is 8.11. The van der Waals surface area contributed by atoms with Gasteiger partial charge in [0.2, 0.25) is 5.91 Å². The van der Waals surface area contributed by atoms with Crippen molar-refractivity contribution in [2.75, 3.05) is 52.9 Å². The lowest BCUT2D eigenvalue weighted by Gasteiger charge is -2.36. The predicted octanol–water partition coefficient (Wildman–Crippen LogP) is 0.354. The molecule has 5 nitrogen and oxygen atoms in total. The smallest absolute Gasteiger partial charge is 0.236 e. The van der Waals surface area contributed by atoms with E-state index >= 15 is 0 Å². The van der Waals surface area contributed by atoms with Gasteiger partial charge in [-0.25, -0.2) is 0 Å². The van der Waals surface area contributed by atoms with Crippen molar-refractivity contribution in [2.45, 2.75) is 38.1 Å². The average molecular weight is 282 g/mol. The summed E-state index contributed by atoms with van der Waals surface area (Å²) in [6, 6.07) is 0.481. The zero-order chi connectivity index (χ0) is 14.4. The van der Waals surface area contributed by atoms with Gasteiger partial charge in [0.1, 0.15) is 0 Å². The molecule has 2 fully saturated rings. The van der Waals surface area contributed by atoms with Gasteiger partial charge in [-0.1, -0.05) is 19.3 Å². The van der Waals surface area contributed by atoms with Gasteiger partial charge in [-0.3, -0.25) is 14.6 Å². The third-order valence-electron chi connectivity index (χ3n) is 4.78. The molecule has 0 atom stereocenters. The van der Waals surface area contributed by atoms with Crippen molar-refractivity contribution in [3.63, 3.8) is 0 Å². The molecular formula is C15H30N4O. The third kappa shape index (κ3) is 4.43. The van der Waals surface area contributed by atoms with Gasteiger partial charge < -0.3 is 10.6 Å². The molecule has 2 rings (SSSR count). The maximum absolute atomic E-state index is 12.4. The number of likely N-dealkylation sites (N-methyl/N-ethyl adjacent to an activating group) is 1. The number of hydrogen-bond acceptors (Lipinski definition) is 4. The van der Waals surface area contributed by atoms with Crippen LogP contribution in [-0.2, 0) is 4.79 Å². The predicted molar refractivity (Wildman–Crippen MR) is 81.6 cm³/mol. The molecule has 1 amide bonds. The maximum Gasteiger partial charge on any atom is 0.236 e. The van der Waals surface area contributed by atoms with Crippen molar-refractivity contribution in [3.8, 4) is 0 Å². The molecule has 0 spiro atoms. The van der Waals surface area contributed by atoms with E-state index in [1.54, 1.807) is 0 Å². The molecule has 0 unspecified atom stereocenters. The fourth-order valence-electron chi connectivity index (χ4n) is 3.33. The van der Waals surface area contributed by atoms with Crippen molar-refractivity contribution < 1.29 is 4.79 Å². The van der Waals surface area contributed by atoms with Crippen LogP contribution in [0.3, 0.4) is 0 Å². The van der Waals surface area contributed by atoms with Gasteiger partial charge in [0.15, 0.2) is 0 Å². The Labute approximate surface area is 123 Å². The number of carbonyl (C=O) groups excluding carboxylic acids is 1. The Morgan fingerprint density at radius 3 is 2.30 bits per heavy atom. The second-order valence-corrected chi connectivity index (χ2v) is 6.20. The fourth-order valence-corrected chi connectivity index (χ4v) is 3.33. The Morgan fingerprint density at radius 1 is 1.10 bits per heavy atom. The Hall–Kier alpha value is -0.650. The van der Waals surface area contributed by atoms with Crippen LogP contribution >= 0.6 is 0 Å². The molecule has 20 heavy (non-hydrogen) atoms. The number of carbonyl (C=O) groups is 1. The molecule has 0 bridgehead atoms. The van der Waals surface area contributed by atoms with E-state index in [-0.39, 0.29) is 0 Å². The second kappa shape index (κ2) is 7.96. The van der Waals surface area contributed by atoms with Crippen LogP contribution in [0, 0.1) is 0 Å². The molecule has 1 saturated carbocycles. The van der Waals surface area contributed by atoms with Gasteiger partial charge in [-0.15, -0.1) is 0 Å². The maximum atomic E-state index is 12.4. The van der Waals surface area contributed by atoms with Crippen molar-refractivity contribution in [1.29, 1.82) is 0 Å². The molecule has 116 valence electrons. The van der Waals surface area contributed by atoms with E-state index < -0.39 is 0 Å². The molecule has 0 aromatic rings. The highest BCUT2D eigenvalue weighted by molar-refractivity contribution is 5.78. The summed E-state index contributed by atoms with van der Waals surface area (Å²) in [5.41, 5.74) is 5.58. The van der Waals surface area contributed by atoms with Gasteiger partial charge in [-0.05, 0) is 12.8 Å². The standard InChI is InChI=1S/C15H30N4O/c1-17(14-5-3-2-4-6-14)15(20)13-19-11-9-18(8-7-16)10-12-19/h14H,2-13,16H2,1H3. The highest BCUT2D eigenvalue weighted by atomic mass is 16.2. The zero-order valence-corrected chi connectivity index (χ0v) is 12.9. The SMILES string of the molecule is CN(C(=O)CN1CCN(CCN)CC1)C1CCCCC1. The molecule has 5 heteroatoms. The van der Waals surface area contributed by atoms with Crippen LogP contribution in [0.1, 0.15) is 32.1 Å². The Morgan fingerprint density at radius 2 is 1.70 bits per heavy atom. The monoisotopic (exact) mass is 282 g/mol. The van der Waals surface area contributed by atoms with E-state index in [9.17, 15) is 4.79 Å². The number of rotatable bonds is 5. The van der Waals surface area contributed by atoms with Crippen LogP contribution in [0.2, 0.25) is 0 Å². The number of piperazine rings is 1. The van der Waals surface area contributed by atoms with Crippen molar-refractivity contribution in [1.82, 2.24) is 14.7 Å². The van der Waals surface area contributed by atoms with Gasteiger partial charge in [0.05, 0.1) is 6.54 Å². The van der Waals surface area contributed by atoms with Crippen LogP contribution < -0.4 is 5.73 Å². The van der Waals surface area contributed by atoms with Crippen molar-refractivity contribution in [3.05, 3.63) is 0 Å². The summed E-state index contributed by atoms with van der Waals surface area (Å²) in [5, 5.41) is 0. The second-order valence-electron chi connectivity index (χ2n) is 6.20. The third-order valence-corrected chi connectivity index (χ3v) is 4.78. The number of amides is 1. The first kappa shape index (κ1) is 15.7. The molecule has 2 N–H and O–H groups in total. The zero-order valence-electron chi connectivity index (χ0n) is 12.9. The summed E-state index contributed by atoms with van der Waals surface area (Å²) in [7, 11) is 1.99. The average Bonchev–Trinajstić information content (AvgIpc) is 2.49. The first-order valence-corrected chi connectivity index (χ1v) is 8.11. The molecule has 1 aliphatic heterocycles. The number of nitrogens with zero attached hydrogens (tertiary/aromatic N) is 3. The summed E-state index contributed by atoms with van der Waals surface area (Å²) in [4.78, 5) is 19.0. The Kier molecular flexibility index (Phi) is 6.26. The van der Waals surface area contributed by atoms with Gasteiger partial charge in [0.25, 0.3) is 0 Å². The molecule has 2 aliphatic rings. The van der Waals surface area contributed by atoms with Gasteiger partial charge >= 0.3 is 0 Å². The molecule has 1 aliphatic carbocycles. The minimum atomic E-state index is 0.296. The number of nitrogens with two attached hydrogens (primary N) is 1. The highest BCUT2D eigenvalue weighted by Crippen LogP contribution is 2.21. The lowest BCUT2D eigenvalue weighted by molar-refractivity contribution is -0.134. The van der Waals surface area contributed by atoms with Crippen LogP contribution in [0.15, 0.2) is 0 Å². The minimum absolute atomic E-state index is 0.296. The lowest BCUT2D eigenvalue weighted by atomic mass is 9.94. The largest absolute Gasteiger partial charge is 0.342 e. The van der Waals surface area contributed by atoms with Crippen LogP contribution in [0.4, 0.5) is 0 Å². The van der Waals surface area contributed by atoms with Gasteiger partial charge in [0, 0.05) is 52.4 Å². The first-order chi connectivity index (χ1) is 9.70.